The monoisotopic (exact) mass is 73.0 g/mol. The van der Waals surface area contributed by atoms with Crippen molar-refractivity contribution in [1.29, 1.82) is 0 Å². The molecule has 0 fully saturated rings. The van der Waals surface area contributed by atoms with Crippen LogP contribution in [0.2, 0.25) is 0 Å². The van der Waals surface area contributed by atoms with Crippen LogP contribution in [-0.4, -0.2) is 13.8 Å². The summed E-state index contributed by atoms with van der Waals surface area (Å²) in [4.78, 5) is 9.37. The van der Waals surface area contributed by atoms with Crippen LogP contribution in [0.4, 0.5) is 0 Å². The van der Waals surface area contributed by atoms with E-state index in [0.717, 1.165) is 0 Å². The van der Waals surface area contributed by atoms with Crippen LogP contribution in [0.15, 0.2) is 0 Å². The molecular formula is CH3BOP. The van der Waals surface area contributed by atoms with E-state index in [1.807, 2.05) is 0 Å². The number of hydrogen-bond acceptors (Lipinski definition) is 1. The molecule has 0 heterocycles. The van der Waals surface area contributed by atoms with E-state index in [1.165, 1.54) is 6.66 Å². The molecule has 0 aliphatic carbocycles. The second kappa shape index (κ2) is 1.63. The van der Waals surface area contributed by atoms with Gasteiger partial charge in [-0.2, -0.15) is 0 Å². The van der Waals surface area contributed by atoms with Crippen molar-refractivity contribution in [2.45, 2.75) is 0 Å². The Morgan fingerprint density at radius 1 is 2.00 bits per heavy atom. The molecule has 21 valence electrons. The van der Waals surface area contributed by atoms with Crippen molar-refractivity contribution >= 4 is 14.8 Å². The molecular weight excluding hydrogens is 69.8 g/mol. The van der Waals surface area contributed by atoms with Gasteiger partial charge in [-0.1, -0.05) is 0 Å². The first-order valence-electron chi connectivity index (χ1n) is 0.888. The van der Waals surface area contributed by atoms with Gasteiger partial charge in [-0.05, 0) is 0 Å². The molecule has 0 spiro atoms. The summed E-state index contributed by atoms with van der Waals surface area (Å²) < 4.78 is 0. The Bertz CT molecular complexity index is 31.0. The number of rotatable bonds is 0. The van der Waals surface area contributed by atoms with E-state index in [-0.39, 0.29) is 0 Å². The van der Waals surface area contributed by atoms with E-state index in [1.54, 1.807) is 0 Å². The molecule has 0 saturated heterocycles. The zero-order chi connectivity index (χ0) is 3.58. The van der Waals surface area contributed by atoms with Crippen molar-refractivity contribution in [3.05, 3.63) is 0 Å². The van der Waals surface area contributed by atoms with Crippen molar-refractivity contribution in [1.82, 2.24) is 0 Å². The van der Waals surface area contributed by atoms with Crippen molar-refractivity contribution in [3.63, 3.8) is 0 Å². The Morgan fingerprint density at radius 2 is 2.00 bits per heavy atom. The zero-order valence-electron chi connectivity index (χ0n) is 2.43. The molecule has 0 bridgehead atoms. The topological polar surface area (TPSA) is 23.1 Å². The Balaban J connectivity index is 2.80. The van der Waals surface area contributed by atoms with E-state index in [9.17, 15) is 4.89 Å². The Labute approximate surface area is 27.5 Å². The number of hydrogen-bond donors (Lipinski definition) is 0. The zero-order valence-corrected chi connectivity index (χ0v) is 3.33. The van der Waals surface area contributed by atoms with Crippen LogP contribution in [-0.2, 0) is 0 Å². The molecule has 0 aliphatic heterocycles. The quantitative estimate of drug-likeness (QED) is 0.279. The van der Waals surface area contributed by atoms with Gasteiger partial charge < -0.3 is 0 Å². The first-order chi connectivity index (χ1) is 1.73. The predicted molar refractivity (Wildman–Crippen MR) is 18.6 cm³/mol. The molecule has 0 amide bonds. The maximum absolute atomic E-state index is 9.37. The van der Waals surface area contributed by atoms with Crippen LogP contribution in [0.1, 0.15) is 0 Å². The molecule has 0 N–H and O–H groups in total. The van der Waals surface area contributed by atoms with E-state index in [2.05, 4.69) is 7.18 Å². The Morgan fingerprint density at radius 3 is 2.00 bits per heavy atom. The predicted octanol–water partition coefficient (Wildman–Crippen LogP) is -0.543. The standard InChI is InChI=1S/CH3BOP/c1-4(2)3/h1H3. The molecule has 4 heavy (non-hydrogen) atoms. The van der Waals surface area contributed by atoms with E-state index in [0.29, 0.717) is 0 Å². The van der Waals surface area contributed by atoms with Gasteiger partial charge in [-0.25, -0.2) is 0 Å². The molecule has 0 aliphatic rings. The average Bonchev–Trinajstić information content (AvgIpc) is 0.811. The van der Waals surface area contributed by atoms with Gasteiger partial charge in [0, 0.05) is 0 Å². The summed E-state index contributed by atoms with van der Waals surface area (Å²) in [5, 5.41) is 0. The van der Waals surface area contributed by atoms with E-state index in [4.69, 9.17) is 0 Å². The summed E-state index contributed by atoms with van der Waals surface area (Å²) in [5.41, 5.74) is 0. The Hall–Kier alpha value is 0.325. The van der Waals surface area contributed by atoms with E-state index >= 15 is 0 Å². The van der Waals surface area contributed by atoms with Gasteiger partial charge in [-0.15, -0.1) is 0 Å². The minimum absolute atomic E-state index is 1.37. The van der Waals surface area contributed by atoms with Crippen LogP contribution < -0.4 is 4.89 Å². The third kappa shape index (κ3) is 38.7. The fourth-order valence-corrected chi connectivity index (χ4v) is 0. The summed E-state index contributed by atoms with van der Waals surface area (Å²) in [6, 6.07) is 0. The van der Waals surface area contributed by atoms with Crippen LogP contribution in [0.5, 0.6) is 0 Å². The van der Waals surface area contributed by atoms with Crippen LogP contribution in [0, 0.1) is 0 Å². The van der Waals surface area contributed by atoms with Crippen molar-refractivity contribution in [3.8, 4) is 0 Å². The van der Waals surface area contributed by atoms with Crippen LogP contribution in [0.3, 0.4) is 0 Å². The summed E-state index contributed by atoms with van der Waals surface area (Å²) >= 11 is 0. The maximum atomic E-state index is 9.37. The molecule has 1 unspecified atom stereocenters. The fourth-order valence-electron chi connectivity index (χ4n) is 0. The van der Waals surface area contributed by atoms with Gasteiger partial charge in [0.05, 0.1) is 0 Å². The SMILES string of the molecule is [B]=[P+](C)[O-]. The molecule has 1 atom stereocenters. The second-order valence-corrected chi connectivity index (χ2v) is 1.64. The molecule has 1 radical (unpaired) electrons. The van der Waals surface area contributed by atoms with Gasteiger partial charge in [0.1, 0.15) is 0 Å². The third-order valence-electron chi connectivity index (χ3n) is 0. The van der Waals surface area contributed by atoms with Gasteiger partial charge >= 0.3 is 26.4 Å². The fraction of sp³-hybridized carbons (Fsp3) is 1.00. The first kappa shape index (κ1) is 4.32. The molecule has 1 nitrogen and oxygen atoms in total. The average molecular weight is 72.8 g/mol. The minimum atomic E-state index is -1.37. The second-order valence-electron chi connectivity index (χ2n) is 0.546. The van der Waals surface area contributed by atoms with E-state index < -0.39 is 7.64 Å². The van der Waals surface area contributed by atoms with Crippen molar-refractivity contribution in [2.75, 3.05) is 6.66 Å². The summed E-state index contributed by atoms with van der Waals surface area (Å²) in [6.45, 7) is 1.45. The molecule has 0 saturated carbocycles. The van der Waals surface area contributed by atoms with Gasteiger partial charge in [0.25, 0.3) is 0 Å². The summed E-state index contributed by atoms with van der Waals surface area (Å²) in [7, 11) is 3.25. The molecule has 0 aromatic rings. The van der Waals surface area contributed by atoms with Crippen LogP contribution >= 0.6 is 7.64 Å². The summed E-state index contributed by atoms with van der Waals surface area (Å²) in [6.07, 6.45) is 0. The van der Waals surface area contributed by atoms with Gasteiger partial charge in [0.2, 0.25) is 0 Å². The third-order valence-corrected chi connectivity index (χ3v) is 0. The Kier molecular flexibility index (Phi) is 1.76. The summed E-state index contributed by atoms with van der Waals surface area (Å²) in [5.74, 6) is 0. The van der Waals surface area contributed by atoms with Gasteiger partial charge in [-0.3, -0.25) is 0 Å². The molecule has 0 rings (SSSR count). The molecule has 0 aromatic heterocycles. The van der Waals surface area contributed by atoms with Crippen LogP contribution in [0.25, 0.3) is 0 Å². The van der Waals surface area contributed by atoms with Gasteiger partial charge in [0.15, 0.2) is 0 Å². The molecule has 3 heteroatoms. The normalized spacial score (nSPS) is 10.8. The molecule has 0 aromatic carbocycles. The first-order valence-corrected chi connectivity index (χ1v) is 2.66. The van der Waals surface area contributed by atoms with Crippen molar-refractivity contribution in [2.24, 2.45) is 0 Å². The van der Waals surface area contributed by atoms with Crippen molar-refractivity contribution < 1.29 is 4.89 Å².